The van der Waals surface area contributed by atoms with Crippen LogP contribution in [-0.2, 0) is 0 Å². The van der Waals surface area contributed by atoms with Crippen molar-refractivity contribution in [2.24, 2.45) is 5.92 Å². The molecule has 0 aliphatic rings. The highest BCUT2D eigenvalue weighted by atomic mass is 35.5. The molecule has 0 saturated heterocycles. The van der Waals surface area contributed by atoms with E-state index in [4.69, 9.17) is 16.7 Å². The van der Waals surface area contributed by atoms with Crippen molar-refractivity contribution in [3.05, 3.63) is 22.7 Å². The van der Waals surface area contributed by atoms with E-state index in [0.29, 0.717) is 11.0 Å². The van der Waals surface area contributed by atoms with E-state index in [1.807, 2.05) is 13.8 Å². The normalized spacial score (nSPS) is 13.1. The van der Waals surface area contributed by atoms with Crippen molar-refractivity contribution in [2.45, 2.75) is 19.9 Å². The van der Waals surface area contributed by atoms with Gasteiger partial charge < -0.3 is 10.2 Å². The molecule has 1 aromatic carbocycles. The molecule has 2 N–H and O–H groups in total. The van der Waals surface area contributed by atoms with Crippen LogP contribution >= 0.6 is 11.6 Å². The lowest BCUT2D eigenvalue weighted by Gasteiger charge is -2.18. The second kappa shape index (κ2) is 5.14. The zero-order chi connectivity index (χ0) is 14.2. The number of aliphatic hydroxyl groups excluding tert-OH is 1. The Balaban J connectivity index is 2.61. The van der Waals surface area contributed by atoms with Gasteiger partial charge in [0.1, 0.15) is 5.52 Å². The van der Waals surface area contributed by atoms with Crippen molar-refractivity contribution in [3.63, 3.8) is 0 Å². The smallest absolute Gasteiger partial charge is 0.337 e. The molecule has 0 aliphatic carbocycles. The van der Waals surface area contributed by atoms with Crippen LogP contribution in [0.1, 0.15) is 30.2 Å². The molecule has 1 atom stereocenters. The van der Waals surface area contributed by atoms with Gasteiger partial charge in [-0.2, -0.15) is 0 Å². The topological polar surface area (TPSA) is 88.2 Å². The van der Waals surface area contributed by atoms with Crippen LogP contribution in [0.15, 0.2) is 12.1 Å². The van der Waals surface area contributed by atoms with Crippen molar-refractivity contribution in [1.82, 2.24) is 15.0 Å². The fourth-order valence-corrected chi connectivity index (χ4v) is 2.18. The summed E-state index contributed by atoms with van der Waals surface area (Å²) in [5.41, 5.74) is 1.05. The summed E-state index contributed by atoms with van der Waals surface area (Å²) < 4.78 is 1.58. The first-order valence-corrected chi connectivity index (χ1v) is 6.22. The van der Waals surface area contributed by atoms with Crippen LogP contribution in [0.5, 0.6) is 0 Å². The lowest BCUT2D eigenvalue weighted by atomic mass is 10.1. The summed E-state index contributed by atoms with van der Waals surface area (Å²) >= 11 is 5.94. The van der Waals surface area contributed by atoms with E-state index in [9.17, 15) is 9.90 Å². The molecule has 2 rings (SSSR count). The molecule has 0 aliphatic heterocycles. The highest BCUT2D eigenvalue weighted by molar-refractivity contribution is 6.34. The number of carboxylic acids is 1. The zero-order valence-electron chi connectivity index (χ0n) is 10.5. The first-order valence-electron chi connectivity index (χ1n) is 5.84. The number of fused-ring (bicyclic) bond motifs is 1. The number of carboxylic acid groups (broad SMARTS) is 1. The summed E-state index contributed by atoms with van der Waals surface area (Å²) in [4.78, 5) is 11.0. The number of hydrogen-bond acceptors (Lipinski definition) is 4. The molecule has 0 amide bonds. The lowest BCUT2D eigenvalue weighted by molar-refractivity contribution is 0.0697. The van der Waals surface area contributed by atoms with Crippen LogP contribution in [0.4, 0.5) is 0 Å². The van der Waals surface area contributed by atoms with Gasteiger partial charge in [0.15, 0.2) is 0 Å². The Kier molecular flexibility index (Phi) is 3.73. The van der Waals surface area contributed by atoms with E-state index in [-0.39, 0.29) is 29.2 Å². The fraction of sp³-hybridized carbons (Fsp3) is 0.417. The molecule has 6 nitrogen and oxygen atoms in total. The van der Waals surface area contributed by atoms with Gasteiger partial charge in [0.2, 0.25) is 0 Å². The summed E-state index contributed by atoms with van der Waals surface area (Å²) in [6.07, 6.45) is 0. The van der Waals surface area contributed by atoms with E-state index >= 15 is 0 Å². The monoisotopic (exact) mass is 283 g/mol. The molecule has 19 heavy (non-hydrogen) atoms. The minimum Gasteiger partial charge on any atom is -0.478 e. The molecule has 0 radical (unpaired) electrons. The Morgan fingerprint density at radius 2 is 2.16 bits per heavy atom. The number of aromatic nitrogens is 3. The van der Waals surface area contributed by atoms with Gasteiger partial charge in [-0.05, 0) is 18.1 Å². The Bertz CT molecular complexity index is 624. The Hall–Kier alpha value is -1.66. The van der Waals surface area contributed by atoms with E-state index in [1.165, 1.54) is 12.1 Å². The molecule has 0 saturated carbocycles. The van der Waals surface area contributed by atoms with Gasteiger partial charge in [0.05, 0.1) is 28.8 Å². The van der Waals surface area contributed by atoms with E-state index < -0.39 is 5.97 Å². The van der Waals surface area contributed by atoms with Crippen molar-refractivity contribution in [2.75, 3.05) is 6.61 Å². The largest absolute Gasteiger partial charge is 0.478 e. The third kappa shape index (κ3) is 2.41. The van der Waals surface area contributed by atoms with Crippen LogP contribution in [0.3, 0.4) is 0 Å². The molecule has 0 bridgehead atoms. The van der Waals surface area contributed by atoms with Crippen molar-refractivity contribution >= 4 is 28.6 Å². The van der Waals surface area contributed by atoms with Crippen LogP contribution < -0.4 is 0 Å². The predicted octanol–water partition coefficient (Wildman–Crippen LogP) is 1.97. The number of carbonyl (C=O) groups is 1. The maximum atomic E-state index is 11.0. The quantitative estimate of drug-likeness (QED) is 0.895. The minimum absolute atomic E-state index is 0.00804. The van der Waals surface area contributed by atoms with Gasteiger partial charge in [0, 0.05) is 0 Å². The predicted molar refractivity (Wildman–Crippen MR) is 70.5 cm³/mol. The van der Waals surface area contributed by atoms with E-state index in [0.717, 1.165) is 0 Å². The third-order valence-electron chi connectivity index (χ3n) is 3.06. The molecule has 0 fully saturated rings. The standard InChI is InChI=1S/C12H14ClN3O3/c1-6(2)11(5-17)16-10-4-8(13)7(12(18)19)3-9(10)14-15-16/h3-4,6,11,17H,5H2,1-2H3,(H,18,19). The summed E-state index contributed by atoms with van der Waals surface area (Å²) in [5, 5.41) is 26.5. The number of hydrogen-bond donors (Lipinski definition) is 2. The number of aromatic carboxylic acids is 1. The Labute approximate surface area is 114 Å². The maximum absolute atomic E-state index is 11.0. The Morgan fingerprint density at radius 3 is 2.68 bits per heavy atom. The SMILES string of the molecule is CC(C)C(CO)n1nnc2cc(C(=O)O)c(Cl)cc21. The van der Waals surface area contributed by atoms with E-state index in [2.05, 4.69) is 10.3 Å². The average Bonchev–Trinajstić information content (AvgIpc) is 2.71. The Morgan fingerprint density at radius 1 is 1.47 bits per heavy atom. The number of nitrogens with zero attached hydrogens (tertiary/aromatic N) is 3. The first-order chi connectivity index (χ1) is 8.95. The molecule has 1 unspecified atom stereocenters. The molecule has 0 spiro atoms. The molecule has 2 aromatic rings. The molecule has 102 valence electrons. The van der Waals surface area contributed by atoms with Gasteiger partial charge in [0.25, 0.3) is 0 Å². The van der Waals surface area contributed by atoms with Gasteiger partial charge in [-0.3, -0.25) is 0 Å². The summed E-state index contributed by atoms with van der Waals surface area (Å²) in [7, 11) is 0. The van der Waals surface area contributed by atoms with Crippen LogP contribution in [0.25, 0.3) is 11.0 Å². The number of halogens is 1. The molecule has 1 heterocycles. The van der Waals surface area contributed by atoms with Gasteiger partial charge in [-0.1, -0.05) is 30.7 Å². The third-order valence-corrected chi connectivity index (χ3v) is 3.37. The minimum atomic E-state index is -1.11. The first kappa shape index (κ1) is 13.8. The molecular weight excluding hydrogens is 270 g/mol. The zero-order valence-corrected chi connectivity index (χ0v) is 11.3. The van der Waals surface area contributed by atoms with Crippen LogP contribution in [-0.4, -0.2) is 37.8 Å². The van der Waals surface area contributed by atoms with Crippen molar-refractivity contribution < 1.29 is 15.0 Å². The second-order valence-corrected chi connectivity index (χ2v) is 5.06. The van der Waals surface area contributed by atoms with E-state index in [1.54, 1.807) is 4.68 Å². The molecule has 1 aromatic heterocycles. The van der Waals surface area contributed by atoms with Gasteiger partial charge >= 0.3 is 5.97 Å². The average molecular weight is 284 g/mol. The summed E-state index contributed by atoms with van der Waals surface area (Å²) in [6.45, 7) is 3.84. The van der Waals surface area contributed by atoms with Gasteiger partial charge in [-0.15, -0.1) is 5.10 Å². The summed E-state index contributed by atoms with van der Waals surface area (Å²) in [5.74, 6) is -0.947. The van der Waals surface area contributed by atoms with Crippen molar-refractivity contribution in [3.8, 4) is 0 Å². The number of rotatable bonds is 4. The summed E-state index contributed by atoms with van der Waals surface area (Å²) in [6, 6.07) is 2.68. The van der Waals surface area contributed by atoms with Gasteiger partial charge in [-0.25, -0.2) is 9.48 Å². The van der Waals surface area contributed by atoms with Crippen LogP contribution in [0, 0.1) is 5.92 Å². The van der Waals surface area contributed by atoms with Crippen LogP contribution in [0.2, 0.25) is 5.02 Å². The number of benzene rings is 1. The molecular formula is C12H14ClN3O3. The molecule has 7 heteroatoms. The fourth-order valence-electron chi connectivity index (χ4n) is 1.94. The number of aliphatic hydroxyl groups is 1. The second-order valence-electron chi connectivity index (χ2n) is 4.65. The lowest BCUT2D eigenvalue weighted by Crippen LogP contribution is -2.20. The highest BCUT2D eigenvalue weighted by Gasteiger charge is 2.20. The van der Waals surface area contributed by atoms with Crippen molar-refractivity contribution in [1.29, 1.82) is 0 Å². The maximum Gasteiger partial charge on any atom is 0.337 e. The highest BCUT2D eigenvalue weighted by Crippen LogP contribution is 2.26.